The zero-order chi connectivity index (χ0) is 14.8. The van der Waals surface area contributed by atoms with Crippen molar-refractivity contribution < 1.29 is 13.2 Å². The van der Waals surface area contributed by atoms with Crippen molar-refractivity contribution in [1.29, 1.82) is 0 Å². The van der Waals surface area contributed by atoms with E-state index in [1.807, 2.05) is 24.3 Å². The molecule has 0 saturated heterocycles. The van der Waals surface area contributed by atoms with E-state index in [1.54, 1.807) is 6.07 Å². The molecule has 0 aliphatic rings. The van der Waals surface area contributed by atoms with E-state index >= 15 is 0 Å². The van der Waals surface area contributed by atoms with E-state index in [4.69, 9.17) is 0 Å². The summed E-state index contributed by atoms with van der Waals surface area (Å²) in [4.78, 5) is 0. The fraction of sp³-hybridized carbons (Fsp3) is 0.143. The van der Waals surface area contributed by atoms with Gasteiger partial charge in [-0.05, 0) is 35.9 Å². The van der Waals surface area contributed by atoms with Crippen molar-refractivity contribution in [2.45, 2.75) is 12.7 Å². The van der Waals surface area contributed by atoms with Gasteiger partial charge in [0.25, 0.3) is 0 Å². The van der Waals surface area contributed by atoms with Crippen LogP contribution in [0.2, 0.25) is 0 Å². The lowest BCUT2D eigenvalue weighted by molar-refractivity contribution is -0.137. The van der Waals surface area contributed by atoms with Crippen molar-refractivity contribution >= 4 is 37.5 Å². The highest BCUT2D eigenvalue weighted by atomic mass is 79.9. The van der Waals surface area contributed by atoms with Crippen LogP contribution in [0.25, 0.3) is 0 Å². The third-order valence-corrected chi connectivity index (χ3v) is 3.62. The number of alkyl halides is 3. The Bertz CT molecular complexity index is 594. The van der Waals surface area contributed by atoms with Crippen LogP contribution in [0.1, 0.15) is 11.1 Å². The zero-order valence-corrected chi connectivity index (χ0v) is 13.3. The second-order valence-corrected chi connectivity index (χ2v) is 6.04. The monoisotopic (exact) mass is 407 g/mol. The summed E-state index contributed by atoms with van der Waals surface area (Å²) in [5.74, 6) is 0. The predicted octanol–water partition coefficient (Wildman–Crippen LogP) is 5.84. The second-order valence-electron chi connectivity index (χ2n) is 4.21. The molecule has 0 aliphatic heterocycles. The largest absolute Gasteiger partial charge is 0.416 e. The molecule has 2 aromatic rings. The summed E-state index contributed by atoms with van der Waals surface area (Å²) < 4.78 is 39.5. The van der Waals surface area contributed by atoms with Crippen molar-refractivity contribution in [2.24, 2.45) is 0 Å². The topological polar surface area (TPSA) is 12.0 Å². The number of halogens is 5. The maximum absolute atomic E-state index is 12.7. The highest BCUT2D eigenvalue weighted by Crippen LogP contribution is 2.33. The summed E-state index contributed by atoms with van der Waals surface area (Å²) in [5.41, 5.74) is 0.738. The van der Waals surface area contributed by atoms with E-state index in [0.717, 1.165) is 22.2 Å². The molecule has 0 heterocycles. The van der Waals surface area contributed by atoms with Crippen molar-refractivity contribution in [1.82, 2.24) is 0 Å². The molecule has 1 nitrogen and oxygen atoms in total. The highest BCUT2D eigenvalue weighted by molar-refractivity contribution is 9.10. The van der Waals surface area contributed by atoms with Gasteiger partial charge < -0.3 is 5.32 Å². The Labute approximate surface area is 131 Å². The van der Waals surface area contributed by atoms with E-state index in [2.05, 4.69) is 37.2 Å². The molecule has 0 spiro atoms. The molecule has 0 unspecified atom stereocenters. The van der Waals surface area contributed by atoms with Gasteiger partial charge in [-0.1, -0.05) is 44.0 Å². The van der Waals surface area contributed by atoms with Crippen LogP contribution in [0.5, 0.6) is 0 Å². The minimum absolute atomic E-state index is 0.394. The Morgan fingerprint density at radius 2 is 1.55 bits per heavy atom. The molecule has 0 fully saturated rings. The van der Waals surface area contributed by atoms with Crippen LogP contribution in [-0.2, 0) is 12.7 Å². The minimum atomic E-state index is -4.35. The van der Waals surface area contributed by atoms with Gasteiger partial charge in [-0.2, -0.15) is 13.2 Å². The number of rotatable bonds is 3. The Morgan fingerprint density at radius 1 is 0.900 bits per heavy atom. The van der Waals surface area contributed by atoms with Gasteiger partial charge in [0.1, 0.15) is 0 Å². The standard InChI is InChI=1S/C14H10Br2F3N/c15-11-3-1-9(2-4-11)8-20-13-6-10(14(17,18)19)5-12(16)7-13/h1-7,20H,8H2. The Hall–Kier alpha value is -1.01. The molecule has 2 rings (SSSR count). The van der Waals surface area contributed by atoms with Crippen LogP contribution in [0.4, 0.5) is 18.9 Å². The second kappa shape index (κ2) is 6.18. The molecule has 0 aliphatic carbocycles. The van der Waals surface area contributed by atoms with Gasteiger partial charge >= 0.3 is 6.18 Å². The van der Waals surface area contributed by atoms with Gasteiger partial charge in [-0.3, -0.25) is 0 Å². The molecule has 0 radical (unpaired) electrons. The summed E-state index contributed by atoms with van der Waals surface area (Å²) in [6.45, 7) is 0.459. The lowest BCUT2D eigenvalue weighted by Gasteiger charge is -2.12. The number of benzene rings is 2. The van der Waals surface area contributed by atoms with Crippen LogP contribution in [0.3, 0.4) is 0 Å². The average Bonchev–Trinajstić information content (AvgIpc) is 2.36. The van der Waals surface area contributed by atoms with E-state index in [-0.39, 0.29) is 0 Å². The van der Waals surface area contributed by atoms with E-state index < -0.39 is 11.7 Å². The maximum Gasteiger partial charge on any atom is 0.416 e. The molecule has 0 atom stereocenters. The predicted molar refractivity (Wildman–Crippen MR) is 80.6 cm³/mol. The fourth-order valence-corrected chi connectivity index (χ4v) is 2.42. The third kappa shape index (κ3) is 4.24. The first-order chi connectivity index (χ1) is 9.34. The number of hydrogen-bond donors (Lipinski definition) is 1. The SMILES string of the molecule is FC(F)(F)c1cc(Br)cc(NCc2ccc(Br)cc2)c1. The number of anilines is 1. The Kier molecular flexibility index (Phi) is 4.75. The third-order valence-electron chi connectivity index (χ3n) is 2.64. The molecule has 1 N–H and O–H groups in total. The Morgan fingerprint density at radius 3 is 2.15 bits per heavy atom. The van der Waals surface area contributed by atoms with Gasteiger partial charge in [0.2, 0.25) is 0 Å². The van der Waals surface area contributed by atoms with Gasteiger partial charge in [0.05, 0.1) is 5.56 Å². The number of nitrogens with one attached hydrogen (secondary N) is 1. The maximum atomic E-state index is 12.7. The van der Waals surface area contributed by atoms with Gasteiger partial charge in [0, 0.05) is 21.2 Å². The molecule has 0 bridgehead atoms. The number of hydrogen-bond acceptors (Lipinski definition) is 1. The van der Waals surface area contributed by atoms with Crippen LogP contribution in [-0.4, -0.2) is 0 Å². The molecule has 6 heteroatoms. The minimum Gasteiger partial charge on any atom is -0.381 e. The molecule has 20 heavy (non-hydrogen) atoms. The Balaban J connectivity index is 2.13. The highest BCUT2D eigenvalue weighted by Gasteiger charge is 2.31. The fourth-order valence-electron chi connectivity index (χ4n) is 1.66. The summed E-state index contributed by atoms with van der Waals surface area (Å²) >= 11 is 6.43. The smallest absolute Gasteiger partial charge is 0.381 e. The quantitative estimate of drug-likeness (QED) is 0.672. The van der Waals surface area contributed by atoms with Crippen molar-refractivity contribution in [3.63, 3.8) is 0 Å². The molecule has 0 aromatic heterocycles. The van der Waals surface area contributed by atoms with Crippen LogP contribution in [0, 0.1) is 0 Å². The molecule has 106 valence electrons. The average molecular weight is 409 g/mol. The van der Waals surface area contributed by atoms with E-state index in [9.17, 15) is 13.2 Å². The van der Waals surface area contributed by atoms with Crippen molar-refractivity contribution in [3.05, 3.63) is 62.5 Å². The normalized spacial score (nSPS) is 11.4. The van der Waals surface area contributed by atoms with Crippen LogP contribution < -0.4 is 5.32 Å². The lowest BCUT2D eigenvalue weighted by atomic mass is 10.2. The molecule has 0 saturated carbocycles. The van der Waals surface area contributed by atoms with Crippen LogP contribution >= 0.6 is 31.9 Å². The van der Waals surface area contributed by atoms with Gasteiger partial charge in [0.15, 0.2) is 0 Å². The van der Waals surface area contributed by atoms with Gasteiger partial charge in [-0.15, -0.1) is 0 Å². The first kappa shape index (κ1) is 15.4. The van der Waals surface area contributed by atoms with Crippen LogP contribution in [0.15, 0.2) is 51.4 Å². The molecular weight excluding hydrogens is 399 g/mol. The summed E-state index contributed by atoms with van der Waals surface area (Å²) in [5, 5.41) is 2.99. The zero-order valence-electron chi connectivity index (χ0n) is 10.1. The molecule has 0 amide bonds. The summed E-state index contributed by atoms with van der Waals surface area (Å²) in [6, 6.07) is 11.4. The molecular formula is C14H10Br2F3N. The van der Waals surface area contributed by atoms with E-state index in [1.165, 1.54) is 0 Å². The first-order valence-electron chi connectivity index (χ1n) is 5.71. The van der Waals surface area contributed by atoms with Crippen molar-refractivity contribution in [2.75, 3.05) is 5.32 Å². The summed E-state index contributed by atoms with van der Waals surface area (Å²) in [6.07, 6.45) is -4.35. The lowest BCUT2D eigenvalue weighted by Crippen LogP contribution is -2.07. The van der Waals surface area contributed by atoms with Crippen molar-refractivity contribution in [3.8, 4) is 0 Å². The first-order valence-corrected chi connectivity index (χ1v) is 7.29. The van der Waals surface area contributed by atoms with Gasteiger partial charge in [-0.25, -0.2) is 0 Å². The summed E-state index contributed by atoms with van der Waals surface area (Å²) in [7, 11) is 0. The van der Waals surface area contributed by atoms with E-state index in [0.29, 0.717) is 16.7 Å². The molecule has 2 aromatic carbocycles.